The lowest BCUT2D eigenvalue weighted by Crippen LogP contribution is -2.42. The quantitative estimate of drug-likeness (QED) is 0.353. The fraction of sp³-hybridized carbons (Fsp3) is 0.120. The molecule has 4 rings (SSSR count). The molecule has 7 nitrogen and oxygen atoms in total. The molecule has 0 aliphatic rings. The van der Waals surface area contributed by atoms with Crippen LogP contribution < -0.4 is 10.1 Å². The van der Waals surface area contributed by atoms with Gasteiger partial charge in [-0.1, -0.05) is 47.5 Å². The Labute approximate surface area is 209 Å². The van der Waals surface area contributed by atoms with E-state index < -0.39 is 23.7 Å². The number of aromatic nitrogens is 2. The Morgan fingerprint density at radius 3 is 2.54 bits per heavy atom. The second-order valence-electron chi connectivity index (χ2n) is 7.54. The highest BCUT2D eigenvalue weighted by Gasteiger charge is 2.25. The molecule has 2 heterocycles. The van der Waals surface area contributed by atoms with Crippen LogP contribution in [0.1, 0.15) is 15.9 Å². The number of carbonyl (C=O) groups is 2. The monoisotopic (exact) mass is 513 g/mol. The largest absolute Gasteiger partial charge is 0.494 e. The van der Waals surface area contributed by atoms with Crippen LogP contribution in [0.4, 0.5) is 4.39 Å². The van der Waals surface area contributed by atoms with Crippen LogP contribution in [-0.4, -0.2) is 40.1 Å². The van der Waals surface area contributed by atoms with E-state index in [0.29, 0.717) is 27.7 Å². The number of ether oxygens (including phenoxy) is 1. The average molecular weight is 514 g/mol. The molecule has 0 saturated carbocycles. The molecule has 2 aromatic heterocycles. The molecule has 0 fully saturated rings. The van der Waals surface area contributed by atoms with Gasteiger partial charge in [-0.3, -0.25) is 9.78 Å². The molecule has 0 bridgehead atoms. The normalized spacial score (nSPS) is 11.8. The molecule has 1 atom stereocenters. The molecule has 10 heteroatoms. The van der Waals surface area contributed by atoms with Crippen molar-refractivity contribution in [2.24, 2.45) is 0 Å². The van der Waals surface area contributed by atoms with Gasteiger partial charge < -0.3 is 15.2 Å². The first-order valence-electron chi connectivity index (χ1n) is 10.3. The van der Waals surface area contributed by atoms with Crippen molar-refractivity contribution in [3.8, 4) is 17.0 Å². The predicted molar refractivity (Wildman–Crippen MR) is 131 cm³/mol. The number of aliphatic carboxylic acids is 1. The number of hydrogen-bond donors (Lipinski definition) is 2. The molecule has 0 spiro atoms. The first kappa shape index (κ1) is 24.4. The van der Waals surface area contributed by atoms with Crippen LogP contribution in [0.3, 0.4) is 0 Å². The minimum Gasteiger partial charge on any atom is -0.494 e. The van der Waals surface area contributed by atoms with Crippen LogP contribution in [0.25, 0.3) is 22.2 Å². The number of nitrogens with zero attached hydrogens (tertiary/aromatic N) is 2. The number of pyridine rings is 2. The lowest BCUT2D eigenvalue weighted by molar-refractivity contribution is -0.139. The zero-order chi connectivity index (χ0) is 25.1. The second kappa shape index (κ2) is 10.2. The Kier molecular flexibility index (Phi) is 7.14. The number of carboxylic acids is 1. The van der Waals surface area contributed by atoms with Crippen LogP contribution >= 0.6 is 23.2 Å². The van der Waals surface area contributed by atoms with Crippen LogP contribution in [0.2, 0.25) is 10.0 Å². The minimum absolute atomic E-state index is 0.00473. The zero-order valence-electron chi connectivity index (χ0n) is 18.3. The topological polar surface area (TPSA) is 101 Å². The molecule has 0 unspecified atom stereocenters. The highest BCUT2D eigenvalue weighted by molar-refractivity contribution is 6.39. The third kappa shape index (κ3) is 5.03. The van der Waals surface area contributed by atoms with Crippen molar-refractivity contribution >= 4 is 46.0 Å². The Bertz CT molecular complexity index is 1430. The highest BCUT2D eigenvalue weighted by atomic mass is 35.5. The summed E-state index contributed by atoms with van der Waals surface area (Å²) in [5, 5.41) is 13.2. The van der Waals surface area contributed by atoms with Crippen molar-refractivity contribution in [2.45, 2.75) is 12.5 Å². The summed E-state index contributed by atoms with van der Waals surface area (Å²) in [7, 11) is 1.42. The van der Waals surface area contributed by atoms with Crippen molar-refractivity contribution in [1.29, 1.82) is 0 Å². The maximum absolute atomic E-state index is 13.7. The Balaban J connectivity index is 1.71. The van der Waals surface area contributed by atoms with Gasteiger partial charge in [0.25, 0.3) is 5.91 Å². The summed E-state index contributed by atoms with van der Waals surface area (Å²) in [6.45, 7) is 0. The van der Waals surface area contributed by atoms with Crippen LogP contribution in [0.5, 0.6) is 5.75 Å². The molecule has 2 N–H and O–H groups in total. The van der Waals surface area contributed by atoms with Crippen molar-refractivity contribution in [3.63, 3.8) is 0 Å². The molecule has 0 aliphatic carbocycles. The van der Waals surface area contributed by atoms with Crippen molar-refractivity contribution < 1.29 is 23.8 Å². The lowest BCUT2D eigenvalue weighted by atomic mass is 9.96. The van der Waals surface area contributed by atoms with Crippen molar-refractivity contribution in [2.75, 3.05) is 7.11 Å². The van der Waals surface area contributed by atoms with E-state index in [1.807, 2.05) is 0 Å². The number of carbonyl (C=O) groups excluding carboxylic acids is 1. The molecule has 178 valence electrons. The number of fused-ring (bicyclic) bond motifs is 1. The maximum atomic E-state index is 13.7. The average Bonchev–Trinajstić information content (AvgIpc) is 2.83. The predicted octanol–water partition coefficient (Wildman–Crippen LogP) is 5.18. The van der Waals surface area contributed by atoms with Gasteiger partial charge in [0.15, 0.2) is 0 Å². The van der Waals surface area contributed by atoms with Crippen LogP contribution in [-0.2, 0) is 11.2 Å². The first-order chi connectivity index (χ1) is 16.8. The summed E-state index contributed by atoms with van der Waals surface area (Å²) in [5.74, 6) is -2.24. The van der Waals surface area contributed by atoms with E-state index in [1.165, 1.54) is 25.3 Å². The smallest absolute Gasteiger partial charge is 0.326 e. The molecular weight excluding hydrogens is 496 g/mol. The second-order valence-corrected chi connectivity index (χ2v) is 8.36. The summed E-state index contributed by atoms with van der Waals surface area (Å²) in [5.41, 5.74) is 2.12. The number of hydrogen-bond acceptors (Lipinski definition) is 5. The van der Waals surface area contributed by atoms with Crippen molar-refractivity contribution in [1.82, 2.24) is 15.3 Å². The van der Waals surface area contributed by atoms with Gasteiger partial charge in [-0.25, -0.2) is 14.2 Å². The molecule has 1 amide bonds. The van der Waals surface area contributed by atoms with Gasteiger partial charge >= 0.3 is 5.97 Å². The van der Waals surface area contributed by atoms with Gasteiger partial charge in [0.1, 0.15) is 23.3 Å². The number of methoxy groups -OCH3 is 1. The van der Waals surface area contributed by atoms with E-state index in [1.54, 1.807) is 36.5 Å². The van der Waals surface area contributed by atoms with Crippen LogP contribution in [0, 0.1) is 5.82 Å². The summed E-state index contributed by atoms with van der Waals surface area (Å²) in [4.78, 5) is 33.4. The number of carboxylic acid groups (broad SMARTS) is 1. The molecule has 4 aromatic rings. The van der Waals surface area contributed by atoms with E-state index in [2.05, 4.69) is 15.3 Å². The number of nitrogens with one attached hydrogen (secondary N) is 1. The van der Waals surface area contributed by atoms with E-state index in [0.717, 1.165) is 6.20 Å². The number of amides is 1. The SMILES string of the molecule is COc1cc(F)cnc1-c1ccc(C[C@H](NC(=O)c2c(Cl)cccc2Cl)C(=O)O)c2ncccc12. The van der Waals surface area contributed by atoms with Gasteiger partial charge in [-0.05, 0) is 23.8 Å². The summed E-state index contributed by atoms with van der Waals surface area (Å²) in [6, 6.07) is 11.5. The summed E-state index contributed by atoms with van der Waals surface area (Å²) in [6.07, 6.45) is 2.59. The first-order valence-corrected chi connectivity index (χ1v) is 11.1. The van der Waals surface area contributed by atoms with Gasteiger partial charge in [-0.15, -0.1) is 0 Å². The van der Waals surface area contributed by atoms with Gasteiger partial charge in [0.05, 0.1) is 34.4 Å². The molecule has 0 aliphatic heterocycles. The fourth-order valence-corrected chi connectivity index (χ4v) is 4.32. The van der Waals surface area contributed by atoms with E-state index in [4.69, 9.17) is 27.9 Å². The molecule has 0 saturated heterocycles. The fourth-order valence-electron chi connectivity index (χ4n) is 3.75. The van der Waals surface area contributed by atoms with Gasteiger partial charge in [0, 0.05) is 29.6 Å². The lowest BCUT2D eigenvalue weighted by Gasteiger charge is -2.18. The van der Waals surface area contributed by atoms with E-state index in [-0.39, 0.29) is 27.8 Å². The third-order valence-corrected chi connectivity index (χ3v) is 5.99. The summed E-state index contributed by atoms with van der Waals surface area (Å²) < 4.78 is 19.0. The minimum atomic E-state index is -1.29. The molecule has 35 heavy (non-hydrogen) atoms. The third-order valence-electron chi connectivity index (χ3n) is 5.36. The zero-order valence-corrected chi connectivity index (χ0v) is 19.8. The van der Waals surface area contributed by atoms with Crippen molar-refractivity contribution in [3.05, 3.63) is 87.9 Å². The van der Waals surface area contributed by atoms with Gasteiger partial charge in [-0.2, -0.15) is 0 Å². The Hall–Kier alpha value is -3.75. The molecule has 2 aromatic carbocycles. The Morgan fingerprint density at radius 2 is 1.86 bits per heavy atom. The van der Waals surface area contributed by atoms with Crippen LogP contribution in [0.15, 0.2) is 60.9 Å². The standard InChI is InChI=1S/C25H18Cl2FN3O4/c1-35-20-11-14(28)12-30-23(20)16-8-7-13(22-15(16)4-3-9-29-22)10-19(25(33)34)31-24(32)21-17(26)5-2-6-18(21)27/h2-9,11-12,19H,10H2,1H3,(H,31,32)(H,33,34)/t19-/m0/s1. The number of halogens is 3. The molecular formula is C25H18Cl2FN3O4. The summed E-state index contributed by atoms with van der Waals surface area (Å²) >= 11 is 12.2. The van der Waals surface area contributed by atoms with E-state index in [9.17, 15) is 19.1 Å². The maximum Gasteiger partial charge on any atom is 0.326 e. The van der Waals surface area contributed by atoms with E-state index >= 15 is 0 Å². The Morgan fingerprint density at radius 1 is 1.11 bits per heavy atom. The number of benzene rings is 2. The van der Waals surface area contributed by atoms with Gasteiger partial charge in [0.2, 0.25) is 0 Å². The highest BCUT2D eigenvalue weighted by Crippen LogP contribution is 2.34. The molecule has 0 radical (unpaired) electrons. The number of rotatable bonds is 7.